The zero-order valence-electron chi connectivity index (χ0n) is 11.2. The molecule has 0 heterocycles. The monoisotopic (exact) mass is 259 g/mol. The van der Waals surface area contributed by atoms with E-state index in [-0.39, 0.29) is 5.82 Å². The van der Waals surface area contributed by atoms with E-state index in [1.807, 2.05) is 37.3 Å². The van der Waals surface area contributed by atoms with Gasteiger partial charge in [-0.15, -0.1) is 0 Å². The SMILES string of the molecule is Cc1ccc(F)cc1NCC(C)(O)c1ccccc1. The van der Waals surface area contributed by atoms with Crippen molar-refractivity contribution >= 4 is 5.69 Å². The highest BCUT2D eigenvalue weighted by Crippen LogP contribution is 2.22. The van der Waals surface area contributed by atoms with Gasteiger partial charge in [-0.25, -0.2) is 4.39 Å². The maximum Gasteiger partial charge on any atom is 0.125 e. The predicted molar refractivity (Wildman–Crippen MR) is 75.6 cm³/mol. The van der Waals surface area contributed by atoms with Crippen molar-refractivity contribution in [1.29, 1.82) is 0 Å². The van der Waals surface area contributed by atoms with Crippen molar-refractivity contribution in [3.63, 3.8) is 0 Å². The zero-order valence-corrected chi connectivity index (χ0v) is 11.2. The lowest BCUT2D eigenvalue weighted by atomic mass is 9.96. The molecule has 0 spiro atoms. The Morgan fingerprint density at radius 3 is 2.53 bits per heavy atom. The van der Waals surface area contributed by atoms with Crippen LogP contribution in [-0.4, -0.2) is 11.7 Å². The summed E-state index contributed by atoms with van der Waals surface area (Å²) in [4.78, 5) is 0. The minimum absolute atomic E-state index is 0.285. The molecule has 0 saturated carbocycles. The summed E-state index contributed by atoms with van der Waals surface area (Å²) in [6, 6.07) is 14.0. The van der Waals surface area contributed by atoms with Gasteiger partial charge in [0, 0.05) is 12.2 Å². The average molecular weight is 259 g/mol. The summed E-state index contributed by atoms with van der Waals surface area (Å²) < 4.78 is 13.2. The molecule has 19 heavy (non-hydrogen) atoms. The number of hydrogen-bond acceptors (Lipinski definition) is 2. The van der Waals surface area contributed by atoms with Crippen molar-refractivity contribution in [2.24, 2.45) is 0 Å². The molecule has 100 valence electrons. The molecule has 0 fully saturated rings. The smallest absolute Gasteiger partial charge is 0.125 e. The largest absolute Gasteiger partial charge is 0.384 e. The van der Waals surface area contributed by atoms with Crippen LogP contribution in [0.2, 0.25) is 0 Å². The first-order valence-electron chi connectivity index (χ1n) is 6.27. The maximum atomic E-state index is 13.2. The number of hydrogen-bond donors (Lipinski definition) is 2. The Morgan fingerprint density at radius 2 is 1.84 bits per heavy atom. The summed E-state index contributed by atoms with van der Waals surface area (Å²) in [5.41, 5.74) is 1.48. The van der Waals surface area contributed by atoms with Crippen LogP contribution in [0.3, 0.4) is 0 Å². The fraction of sp³-hybridized carbons (Fsp3) is 0.250. The van der Waals surface area contributed by atoms with Crippen LogP contribution < -0.4 is 5.32 Å². The quantitative estimate of drug-likeness (QED) is 0.881. The Balaban J connectivity index is 2.12. The Kier molecular flexibility index (Phi) is 3.86. The standard InChI is InChI=1S/C16H18FNO/c1-12-8-9-14(17)10-15(12)18-11-16(2,19)13-6-4-3-5-7-13/h3-10,18-19H,11H2,1-2H3. The molecular weight excluding hydrogens is 241 g/mol. The Morgan fingerprint density at radius 1 is 1.16 bits per heavy atom. The van der Waals surface area contributed by atoms with Gasteiger partial charge in [-0.05, 0) is 37.1 Å². The maximum absolute atomic E-state index is 13.2. The van der Waals surface area contributed by atoms with Gasteiger partial charge in [0.25, 0.3) is 0 Å². The molecule has 1 atom stereocenters. The number of aryl methyl sites for hydroxylation is 1. The van der Waals surface area contributed by atoms with Crippen LogP contribution in [0.25, 0.3) is 0 Å². The molecule has 0 aliphatic rings. The van der Waals surface area contributed by atoms with E-state index in [0.29, 0.717) is 12.2 Å². The number of rotatable bonds is 4. The Labute approximate surface area is 112 Å². The highest BCUT2D eigenvalue weighted by Gasteiger charge is 2.22. The summed E-state index contributed by atoms with van der Waals surface area (Å²) in [6.45, 7) is 3.96. The van der Waals surface area contributed by atoms with Crippen LogP contribution in [-0.2, 0) is 5.60 Å². The van der Waals surface area contributed by atoms with Gasteiger partial charge in [0.1, 0.15) is 11.4 Å². The van der Waals surface area contributed by atoms with Crippen molar-refractivity contribution in [3.8, 4) is 0 Å². The lowest BCUT2D eigenvalue weighted by molar-refractivity contribution is 0.0715. The van der Waals surface area contributed by atoms with Gasteiger partial charge >= 0.3 is 0 Å². The van der Waals surface area contributed by atoms with Crippen LogP contribution in [0.5, 0.6) is 0 Å². The van der Waals surface area contributed by atoms with Crippen LogP contribution >= 0.6 is 0 Å². The van der Waals surface area contributed by atoms with Gasteiger partial charge in [-0.3, -0.25) is 0 Å². The Hall–Kier alpha value is -1.87. The molecule has 2 aromatic carbocycles. The second kappa shape index (κ2) is 5.41. The summed E-state index contributed by atoms with van der Waals surface area (Å²) in [6.07, 6.45) is 0. The lowest BCUT2D eigenvalue weighted by Gasteiger charge is -2.25. The first-order valence-corrected chi connectivity index (χ1v) is 6.27. The summed E-state index contributed by atoms with van der Waals surface area (Å²) in [7, 11) is 0. The van der Waals surface area contributed by atoms with Crippen LogP contribution in [0.4, 0.5) is 10.1 Å². The molecule has 0 radical (unpaired) electrons. The minimum Gasteiger partial charge on any atom is -0.384 e. The fourth-order valence-corrected chi connectivity index (χ4v) is 1.95. The molecule has 2 N–H and O–H groups in total. The number of aliphatic hydroxyl groups is 1. The van der Waals surface area contributed by atoms with Crippen molar-refractivity contribution in [2.75, 3.05) is 11.9 Å². The van der Waals surface area contributed by atoms with E-state index in [2.05, 4.69) is 5.32 Å². The lowest BCUT2D eigenvalue weighted by Crippen LogP contribution is -2.30. The van der Waals surface area contributed by atoms with E-state index in [1.165, 1.54) is 12.1 Å². The van der Waals surface area contributed by atoms with Gasteiger partial charge in [0.15, 0.2) is 0 Å². The van der Waals surface area contributed by atoms with Gasteiger partial charge in [0.2, 0.25) is 0 Å². The number of nitrogens with one attached hydrogen (secondary N) is 1. The highest BCUT2D eigenvalue weighted by atomic mass is 19.1. The number of benzene rings is 2. The highest BCUT2D eigenvalue weighted by molar-refractivity contribution is 5.51. The molecule has 0 aliphatic heterocycles. The van der Waals surface area contributed by atoms with E-state index >= 15 is 0 Å². The van der Waals surface area contributed by atoms with E-state index in [0.717, 1.165) is 11.1 Å². The predicted octanol–water partition coefficient (Wildman–Crippen LogP) is 3.45. The second-order valence-corrected chi connectivity index (χ2v) is 4.95. The minimum atomic E-state index is -1.000. The molecule has 0 amide bonds. The molecule has 0 saturated heterocycles. The molecule has 0 bridgehead atoms. The first-order chi connectivity index (χ1) is 8.99. The third kappa shape index (κ3) is 3.32. The molecular formula is C16H18FNO. The first kappa shape index (κ1) is 13.6. The number of halogens is 1. The Bertz CT molecular complexity index is 552. The van der Waals surface area contributed by atoms with Gasteiger partial charge in [-0.1, -0.05) is 36.4 Å². The summed E-state index contributed by atoms with van der Waals surface area (Å²) in [5, 5.41) is 13.6. The van der Waals surface area contributed by atoms with Crippen molar-refractivity contribution in [3.05, 3.63) is 65.5 Å². The topological polar surface area (TPSA) is 32.3 Å². The molecule has 0 aromatic heterocycles. The van der Waals surface area contributed by atoms with Crippen LogP contribution in [0, 0.1) is 12.7 Å². The fourth-order valence-electron chi connectivity index (χ4n) is 1.95. The summed E-state index contributed by atoms with van der Waals surface area (Å²) >= 11 is 0. The van der Waals surface area contributed by atoms with E-state index < -0.39 is 5.60 Å². The molecule has 2 nitrogen and oxygen atoms in total. The van der Waals surface area contributed by atoms with E-state index in [4.69, 9.17) is 0 Å². The molecule has 2 aromatic rings. The zero-order chi connectivity index (χ0) is 13.9. The average Bonchev–Trinajstić information content (AvgIpc) is 2.41. The van der Waals surface area contributed by atoms with Gasteiger partial charge in [-0.2, -0.15) is 0 Å². The van der Waals surface area contributed by atoms with Crippen molar-refractivity contribution in [2.45, 2.75) is 19.4 Å². The second-order valence-electron chi connectivity index (χ2n) is 4.95. The van der Waals surface area contributed by atoms with Gasteiger partial charge in [0.05, 0.1) is 0 Å². The van der Waals surface area contributed by atoms with E-state index in [1.54, 1.807) is 13.0 Å². The number of anilines is 1. The normalized spacial score (nSPS) is 13.9. The molecule has 2 rings (SSSR count). The molecule has 0 aliphatic carbocycles. The third-order valence-corrected chi connectivity index (χ3v) is 3.22. The third-order valence-electron chi connectivity index (χ3n) is 3.22. The summed E-state index contributed by atoms with van der Waals surface area (Å²) in [5.74, 6) is -0.285. The van der Waals surface area contributed by atoms with E-state index in [9.17, 15) is 9.50 Å². The van der Waals surface area contributed by atoms with Crippen molar-refractivity contribution in [1.82, 2.24) is 0 Å². The molecule has 1 unspecified atom stereocenters. The van der Waals surface area contributed by atoms with Gasteiger partial charge < -0.3 is 10.4 Å². The van der Waals surface area contributed by atoms with Crippen LogP contribution in [0.15, 0.2) is 48.5 Å². The van der Waals surface area contributed by atoms with Crippen LogP contribution in [0.1, 0.15) is 18.1 Å². The van der Waals surface area contributed by atoms with Crippen molar-refractivity contribution < 1.29 is 9.50 Å². The molecule has 3 heteroatoms.